The van der Waals surface area contributed by atoms with Gasteiger partial charge in [-0.25, -0.2) is 4.79 Å². The number of imide groups is 1. The van der Waals surface area contributed by atoms with Crippen molar-refractivity contribution in [2.24, 2.45) is 0 Å². The van der Waals surface area contributed by atoms with E-state index in [0.717, 1.165) is 49.6 Å². The highest BCUT2D eigenvalue weighted by atomic mass is 16.5. The summed E-state index contributed by atoms with van der Waals surface area (Å²) in [5.74, 6) is 0.567. The van der Waals surface area contributed by atoms with Crippen molar-refractivity contribution in [2.75, 3.05) is 45.2 Å². The minimum atomic E-state index is -0.495. The predicted molar refractivity (Wildman–Crippen MR) is 118 cm³/mol. The van der Waals surface area contributed by atoms with Crippen LogP contribution in [0.25, 0.3) is 0 Å². The van der Waals surface area contributed by atoms with Gasteiger partial charge >= 0.3 is 6.03 Å². The molecule has 0 bridgehead atoms. The maximum atomic E-state index is 12.2. The molecule has 0 atom stereocenters. The Bertz CT molecular complexity index is 875. The Morgan fingerprint density at radius 1 is 0.967 bits per heavy atom. The number of rotatable bonds is 6. The molecule has 0 aliphatic carbocycles. The number of ether oxygens (including phenoxy) is 1. The zero-order chi connectivity index (χ0) is 21.5. The molecule has 1 heterocycles. The van der Waals surface area contributed by atoms with Crippen molar-refractivity contribution in [1.82, 2.24) is 15.1 Å². The van der Waals surface area contributed by atoms with Crippen molar-refractivity contribution in [3.05, 3.63) is 59.2 Å². The number of hydrogen-bond acceptors (Lipinski definition) is 5. The van der Waals surface area contributed by atoms with Crippen molar-refractivity contribution >= 4 is 17.6 Å². The number of hydrogen-bond donors (Lipinski definition) is 2. The molecule has 1 fully saturated rings. The number of anilines is 1. The molecule has 0 saturated carbocycles. The number of nitrogens with zero attached hydrogens (tertiary/aromatic N) is 2. The Hall–Kier alpha value is -2.90. The van der Waals surface area contributed by atoms with Crippen LogP contribution in [0.1, 0.15) is 16.7 Å². The third-order valence-electron chi connectivity index (χ3n) is 5.28. The Morgan fingerprint density at radius 2 is 1.63 bits per heavy atom. The number of piperazine rings is 1. The lowest BCUT2D eigenvalue weighted by Crippen LogP contribution is -2.50. The second kappa shape index (κ2) is 10.2. The van der Waals surface area contributed by atoms with E-state index in [4.69, 9.17) is 4.74 Å². The quantitative estimate of drug-likeness (QED) is 0.766. The van der Waals surface area contributed by atoms with Crippen LogP contribution in [0.4, 0.5) is 10.5 Å². The fraction of sp³-hybridized carbons (Fsp3) is 0.391. The first-order valence-electron chi connectivity index (χ1n) is 10.2. The summed E-state index contributed by atoms with van der Waals surface area (Å²) in [6.07, 6.45) is 0. The van der Waals surface area contributed by atoms with Crippen LogP contribution >= 0.6 is 0 Å². The van der Waals surface area contributed by atoms with Crippen LogP contribution < -0.4 is 15.4 Å². The molecule has 0 radical (unpaired) electrons. The van der Waals surface area contributed by atoms with Gasteiger partial charge in [0.2, 0.25) is 5.91 Å². The molecular weight excluding hydrogens is 380 g/mol. The van der Waals surface area contributed by atoms with E-state index in [9.17, 15) is 9.59 Å². The summed E-state index contributed by atoms with van der Waals surface area (Å²) in [6, 6.07) is 13.4. The number of amides is 3. The molecule has 1 saturated heterocycles. The molecule has 1 aliphatic heterocycles. The second-order valence-electron chi connectivity index (χ2n) is 7.72. The van der Waals surface area contributed by atoms with Crippen molar-refractivity contribution < 1.29 is 14.3 Å². The smallest absolute Gasteiger partial charge is 0.325 e. The number of urea groups is 1. The number of methoxy groups -OCH3 is 1. The number of nitrogens with one attached hydrogen (secondary N) is 2. The van der Waals surface area contributed by atoms with E-state index in [1.54, 1.807) is 7.11 Å². The molecule has 160 valence electrons. The van der Waals surface area contributed by atoms with Crippen LogP contribution in [-0.4, -0.2) is 61.6 Å². The van der Waals surface area contributed by atoms with Crippen molar-refractivity contribution in [1.29, 1.82) is 0 Å². The molecule has 30 heavy (non-hydrogen) atoms. The van der Waals surface area contributed by atoms with Gasteiger partial charge in [-0.05, 0) is 43.2 Å². The van der Waals surface area contributed by atoms with Gasteiger partial charge in [-0.15, -0.1) is 0 Å². The standard InChI is InChI=1S/C23H30N4O3/c1-17-4-9-21(18(2)14-17)24-23(29)25-22(28)16-27-12-10-26(11-13-27)15-19-5-7-20(30-3)8-6-19/h4-9,14H,10-13,15-16H2,1-3H3,(H2,24,25,28,29). The first-order valence-corrected chi connectivity index (χ1v) is 10.2. The van der Waals surface area contributed by atoms with E-state index >= 15 is 0 Å². The summed E-state index contributed by atoms with van der Waals surface area (Å²) in [5.41, 5.74) is 4.04. The lowest BCUT2D eigenvalue weighted by molar-refractivity contribution is -0.121. The molecular formula is C23H30N4O3. The van der Waals surface area contributed by atoms with Crippen molar-refractivity contribution in [3.8, 4) is 5.75 Å². The molecule has 0 unspecified atom stereocenters. The monoisotopic (exact) mass is 410 g/mol. The average Bonchev–Trinajstić information content (AvgIpc) is 2.72. The van der Waals surface area contributed by atoms with Gasteiger partial charge in [0.15, 0.2) is 0 Å². The van der Waals surface area contributed by atoms with Crippen LogP contribution in [0.2, 0.25) is 0 Å². The SMILES string of the molecule is COc1ccc(CN2CCN(CC(=O)NC(=O)Nc3ccc(C)cc3C)CC2)cc1. The Kier molecular flexibility index (Phi) is 7.43. The van der Waals surface area contributed by atoms with Crippen LogP contribution in [-0.2, 0) is 11.3 Å². The molecule has 7 nitrogen and oxygen atoms in total. The first kappa shape index (κ1) is 21.8. The zero-order valence-corrected chi connectivity index (χ0v) is 17.9. The molecule has 0 spiro atoms. The van der Waals surface area contributed by atoms with Gasteiger partial charge in [0, 0.05) is 38.4 Å². The fourth-order valence-electron chi connectivity index (χ4n) is 3.57. The van der Waals surface area contributed by atoms with E-state index in [0.29, 0.717) is 5.69 Å². The first-order chi connectivity index (χ1) is 14.4. The van der Waals surface area contributed by atoms with Crippen LogP contribution in [0, 0.1) is 13.8 Å². The summed E-state index contributed by atoms with van der Waals surface area (Å²) >= 11 is 0. The summed E-state index contributed by atoms with van der Waals surface area (Å²) < 4.78 is 5.19. The van der Waals surface area contributed by atoms with Crippen molar-refractivity contribution in [3.63, 3.8) is 0 Å². The average molecular weight is 411 g/mol. The van der Waals surface area contributed by atoms with Gasteiger partial charge in [0.25, 0.3) is 0 Å². The molecule has 3 rings (SSSR count). The molecule has 1 aliphatic rings. The maximum Gasteiger partial charge on any atom is 0.325 e. The molecule has 3 amide bonds. The molecule has 7 heteroatoms. The third-order valence-corrected chi connectivity index (χ3v) is 5.28. The third kappa shape index (κ3) is 6.30. The van der Waals surface area contributed by atoms with Gasteiger partial charge in [0.1, 0.15) is 5.75 Å². The van der Waals surface area contributed by atoms with E-state index in [1.165, 1.54) is 5.56 Å². The molecule has 2 aromatic rings. The summed E-state index contributed by atoms with van der Waals surface area (Å²) in [5, 5.41) is 5.16. The maximum absolute atomic E-state index is 12.2. The molecule has 2 N–H and O–H groups in total. The predicted octanol–water partition coefficient (Wildman–Crippen LogP) is 2.78. The number of aryl methyl sites for hydroxylation is 2. The van der Waals surface area contributed by atoms with Crippen LogP contribution in [0.5, 0.6) is 5.75 Å². The fourth-order valence-corrected chi connectivity index (χ4v) is 3.57. The summed E-state index contributed by atoms with van der Waals surface area (Å²) in [6.45, 7) is 8.37. The minimum absolute atomic E-state index is 0.219. The summed E-state index contributed by atoms with van der Waals surface area (Å²) in [4.78, 5) is 28.8. The van der Waals surface area contributed by atoms with Gasteiger partial charge in [-0.3, -0.25) is 19.9 Å². The van der Waals surface area contributed by atoms with Gasteiger partial charge in [0.05, 0.1) is 13.7 Å². The Morgan fingerprint density at radius 3 is 2.27 bits per heavy atom. The Labute approximate surface area is 178 Å². The van der Waals surface area contributed by atoms with Gasteiger partial charge < -0.3 is 10.1 Å². The lowest BCUT2D eigenvalue weighted by atomic mass is 10.1. The molecule has 2 aromatic carbocycles. The largest absolute Gasteiger partial charge is 0.497 e. The van der Waals surface area contributed by atoms with E-state index in [2.05, 4.69) is 32.6 Å². The zero-order valence-electron chi connectivity index (χ0n) is 17.9. The summed E-state index contributed by atoms with van der Waals surface area (Å²) in [7, 11) is 1.66. The number of carbonyl (C=O) groups excluding carboxylic acids is 2. The number of carbonyl (C=O) groups is 2. The topological polar surface area (TPSA) is 73.9 Å². The van der Waals surface area contributed by atoms with Crippen molar-refractivity contribution in [2.45, 2.75) is 20.4 Å². The highest BCUT2D eigenvalue weighted by Crippen LogP contribution is 2.16. The van der Waals surface area contributed by atoms with E-state index in [-0.39, 0.29) is 12.5 Å². The molecule has 0 aromatic heterocycles. The lowest BCUT2D eigenvalue weighted by Gasteiger charge is -2.34. The minimum Gasteiger partial charge on any atom is -0.497 e. The van der Waals surface area contributed by atoms with Crippen LogP contribution in [0.15, 0.2) is 42.5 Å². The Balaban J connectivity index is 1.39. The van der Waals surface area contributed by atoms with Gasteiger partial charge in [-0.2, -0.15) is 0 Å². The van der Waals surface area contributed by atoms with Crippen LogP contribution in [0.3, 0.4) is 0 Å². The highest BCUT2D eigenvalue weighted by Gasteiger charge is 2.20. The van der Waals surface area contributed by atoms with Gasteiger partial charge in [-0.1, -0.05) is 29.8 Å². The highest BCUT2D eigenvalue weighted by molar-refractivity contribution is 6.02. The van der Waals surface area contributed by atoms with E-state index < -0.39 is 6.03 Å². The second-order valence-corrected chi connectivity index (χ2v) is 7.72. The number of benzene rings is 2. The van der Waals surface area contributed by atoms with E-state index in [1.807, 2.05) is 44.2 Å². The normalized spacial score (nSPS) is 14.9.